The normalized spacial score (nSPS) is 17.8. The Hall–Kier alpha value is -1.03. The SMILES string of the molecule is CC(C)NCCC1(Oc2cnn(C(C)C)c2)CCC1. The Bertz CT molecular complexity index is 394. The maximum atomic E-state index is 6.23. The fourth-order valence-corrected chi connectivity index (χ4v) is 2.47. The second-order valence-electron chi connectivity index (χ2n) is 6.25. The van der Waals surface area contributed by atoms with Gasteiger partial charge in [-0.25, -0.2) is 0 Å². The lowest BCUT2D eigenvalue weighted by Crippen LogP contribution is -2.45. The summed E-state index contributed by atoms with van der Waals surface area (Å²) < 4.78 is 8.18. The number of hydrogen-bond acceptors (Lipinski definition) is 3. The molecule has 1 aliphatic rings. The van der Waals surface area contributed by atoms with Crippen LogP contribution in [0, 0.1) is 0 Å². The average molecular weight is 265 g/mol. The van der Waals surface area contributed by atoms with Gasteiger partial charge in [-0.2, -0.15) is 5.10 Å². The maximum absolute atomic E-state index is 6.23. The average Bonchev–Trinajstić information content (AvgIpc) is 2.73. The Morgan fingerprint density at radius 3 is 2.58 bits per heavy atom. The highest BCUT2D eigenvalue weighted by Gasteiger charge is 2.39. The molecule has 1 saturated carbocycles. The first-order valence-corrected chi connectivity index (χ1v) is 7.47. The van der Waals surface area contributed by atoms with E-state index in [2.05, 4.69) is 38.1 Å². The summed E-state index contributed by atoms with van der Waals surface area (Å²) in [6.45, 7) is 9.64. The third kappa shape index (κ3) is 3.72. The van der Waals surface area contributed by atoms with Gasteiger partial charge >= 0.3 is 0 Å². The van der Waals surface area contributed by atoms with E-state index in [0.717, 1.165) is 18.7 Å². The van der Waals surface area contributed by atoms with Crippen LogP contribution in [0.5, 0.6) is 5.75 Å². The molecule has 2 rings (SSSR count). The van der Waals surface area contributed by atoms with Gasteiger partial charge in [-0.15, -0.1) is 0 Å². The van der Waals surface area contributed by atoms with Crippen molar-refractivity contribution in [3.63, 3.8) is 0 Å². The fourth-order valence-electron chi connectivity index (χ4n) is 2.47. The van der Waals surface area contributed by atoms with E-state index in [9.17, 15) is 0 Å². The monoisotopic (exact) mass is 265 g/mol. The topological polar surface area (TPSA) is 39.1 Å². The van der Waals surface area contributed by atoms with E-state index in [4.69, 9.17) is 4.74 Å². The zero-order chi connectivity index (χ0) is 13.9. The van der Waals surface area contributed by atoms with Gasteiger partial charge in [-0.05, 0) is 46.1 Å². The third-order valence-electron chi connectivity index (χ3n) is 3.84. The molecule has 0 bridgehead atoms. The van der Waals surface area contributed by atoms with Crippen LogP contribution in [0.25, 0.3) is 0 Å². The van der Waals surface area contributed by atoms with Crippen molar-refractivity contribution in [3.8, 4) is 5.75 Å². The first kappa shape index (κ1) is 14.4. The van der Waals surface area contributed by atoms with E-state index < -0.39 is 0 Å². The molecule has 1 fully saturated rings. The van der Waals surface area contributed by atoms with Gasteiger partial charge in [0.1, 0.15) is 5.60 Å². The molecule has 1 aromatic rings. The number of hydrogen-bond donors (Lipinski definition) is 1. The lowest BCUT2D eigenvalue weighted by atomic mass is 9.77. The minimum atomic E-state index is 0.0483. The number of nitrogens with zero attached hydrogens (tertiary/aromatic N) is 2. The summed E-state index contributed by atoms with van der Waals surface area (Å²) in [6, 6.07) is 0.929. The van der Waals surface area contributed by atoms with Crippen LogP contribution in [-0.4, -0.2) is 28.0 Å². The molecule has 0 spiro atoms. The van der Waals surface area contributed by atoms with E-state index in [-0.39, 0.29) is 5.60 Å². The summed E-state index contributed by atoms with van der Waals surface area (Å²) in [6.07, 6.45) is 8.55. The Morgan fingerprint density at radius 1 is 1.37 bits per heavy atom. The van der Waals surface area contributed by atoms with Crippen LogP contribution in [0.3, 0.4) is 0 Å². The molecule has 0 aliphatic heterocycles. The van der Waals surface area contributed by atoms with Crippen molar-refractivity contribution in [3.05, 3.63) is 12.4 Å². The highest BCUT2D eigenvalue weighted by Crippen LogP contribution is 2.39. The lowest BCUT2D eigenvalue weighted by molar-refractivity contribution is -0.0146. The van der Waals surface area contributed by atoms with E-state index in [1.54, 1.807) is 0 Å². The van der Waals surface area contributed by atoms with Gasteiger partial charge in [0.15, 0.2) is 5.75 Å². The van der Waals surface area contributed by atoms with Gasteiger partial charge in [0.05, 0.1) is 12.4 Å². The maximum Gasteiger partial charge on any atom is 0.158 e. The highest BCUT2D eigenvalue weighted by molar-refractivity contribution is 5.15. The van der Waals surface area contributed by atoms with Gasteiger partial charge in [0, 0.05) is 12.1 Å². The van der Waals surface area contributed by atoms with Crippen LogP contribution in [0.15, 0.2) is 12.4 Å². The smallest absolute Gasteiger partial charge is 0.158 e. The van der Waals surface area contributed by atoms with Crippen molar-refractivity contribution in [1.82, 2.24) is 15.1 Å². The Kier molecular flexibility index (Phi) is 4.50. The van der Waals surface area contributed by atoms with Gasteiger partial charge < -0.3 is 10.1 Å². The van der Waals surface area contributed by atoms with Gasteiger partial charge in [0.25, 0.3) is 0 Å². The number of rotatable bonds is 7. The molecule has 1 aliphatic carbocycles. The summed E-state index contributed by atoms with van der Waals surface area (Å²) >= 11 is 0. The summed E-state index contributed by atoms with van der Waals surface area (Å²) in [5.74, 6) is 0.915. The molecule has 0 aromatic carbocycles. The van der Waals surface area contributed by atoms with Crippen molar-refractivity contribution in [2.75, 3.05) is 6.54 Å². The third-order valence-corrected chi connectivity index (χ3v) is 3.84. The number of nitrogens with one attached hydrogen (secondary N) is 1. The first-order chi connectivity index (χ1) is 9.01. The standard InChI is InChI=1S/C15H27N3O/c1-12(2)16-9-8-15(6-5-7-15)19-14-10-17-18(11-14)13(3)4/h10-13,16H,5-9H2,1-4H3. The van der Waals surface area contributed by atoms with Crippen molar-refractivity contribution in [1.29, 1.82) is 0 Å². The summed E-state index contributed by atoms with van der Waals surface area (Å²) in [7, 11) is 0. The molecule has 1 aromatic heterocycles. The molecule has 19 heavy (non-hydrogen) atoms. The van der Waals surface area contributed by atoms with Crippen molar-refractivity contribution >= 4 is 0 Å². The van der Waals surface area contributed by atoms with E-state index in [0.29, 0.717) is 12.1 Å². The molecule has 0 atom stereocenters. The molecular weight excluding hydrogens is 238 g/mol. The summed E-state index contributed by atoms with van der Waals surface area (Å²) in [5, 5.41) is 7.82. The van der Waals surface area contributed by atoms with Crippen LogP contribution < -0.4 is 10.1 Å². The zero-order valence-corrected chi connectivity index (χ0v) is 12.6. The predicted octanol–water partition coefficient (Wildman–Crippen LogP) is 3.15. The first-order valence-electron chi connectivity index (χ1n) is 7.47. The lowest BCUT2D eigenvalue weighted by Gasteiger charge is -2.41. The largest absolute Gasteiger partial charge is 0.484 e. The molecule has 108 valence electrons. The van der Waals surface area contributed by atoms with E-state index in [1.165, 1.54) is 19.3 Å². The van der Waals surface area contributed by atoms with E-state index in [1.807, 2.05) is 17.1 Å². The quantitative estimate of drug-likeness (QED) is 0.823. The second-order valence-corrected chi connectivity index (χ2v) is 6.25. The van der Waals surface area contributed by atoms with Gasteiger partial charge in [-0.1, -0.05) is 13.8 Å². The molecule has 1 N–H and O–H groups in total. The van der Waals surface area contributed by atoms with Crippen LogP contribution in [0.2, 0.25) is 0 Å². The highest BCUT2D eigenvalue weighted by atomic mass is 16.5. The molecule has 1 heterocycles. The summed E-state index contributed by atoms with van der Waals surface area (Å²) in [5.41, 5.74) is 0.0483. The molecule has 4 nitrogen and oxygen atoms in total. The van der Waals surface area contributed by atoms with Crippen LogP contribution in [-0.2, 0) is 0 Å². The molecule has 0 unspecified atom stereocenters. The minimum absolute atomic E-state index is 0.0483. The van der Waals surface area contributed by atoms with Crippen molar-refractivity contribution in [2.24, 2.45) is 0 Å². The molecular formula is C15H27N3O. The number of ether oxygens (including phenoxy) is 1. The molecule has 0 amide bonds. The minimum Gasteiger partial charge on any atom is -0.484 e. The van der Waals surface area contributed by atoms with Crippen LogP contribution >= 0.6 is 0 Å². The Balaban J connectivity index is 1.90. The zero-order valence-electron chi connectivity index (χ0n) is 12.6. The van der Waals surface area contributed by atoms with Crippen LogP contribution in [0.1, 0.15) is 59.4 Å². The molecule has 0 radical (unpaired) electrons. The predicted molar refractivity (Wildman–Crippen MR) is 77.6 cm³/mol. The van der Waals surface area contributed by atoms with Crippen LogP contribution in [0.4, 0.5) is 0 Å². The summed E-state index contributed by atoms with van der Waals surface area (Å²) in [4.78, 5) is 0. The fraction of sp³-hybridized carbons (Fsp3) is 0.800. The molecule has 0 saturated heterocycles. The van der Waals surface area contributed by atoms with Gasteiger partial charge in [-0.3, -0.25) is 4.68 Å². The van der Waals surface area contributed by atoms with Crippen molar-refractivity contribution < 1.29 is 4.74 Å². The van der Waals surface area contributed by atoms with Gasteiger partial charge in [0.2, 0.25) is 0 Å². The molecule has 4 heteroatoms. The second kappa shape index (κ2) is 5.95. The van der Waals surface area contributed by atoms with E-state index >= 15 is 0 Å². The van der Waals surface area contributed by atoms with Crippen molar-refractivity contribution in [2.45, 2.75) is 71.1 Å². The Morgan fingerprint density at radius 2 is 2.11 bits per heavy atom. The number of aromatic nitrogens is 2. The Labute approximate surface area is 116 Å².